The Labute approximate surface area is 195 Å². The highest BCUT2D eigenvalue weighted by Crippen LogP contribution is 2.31. The van der Waals surface area contributed by atoms with Crippen LogP contribution in [-0.2, 0) is 5.75 Å². The molecule has 0 unspecified atom stereocenters. The van der Waals surface area contributed by atoms with E-state index >= 15 is 0 Å². The van der Waals surface area contributed by atoms with Crippen LogP contribution in [0.3, 0.4) is 0 Å². The van der Waals surface area contributed by atoms with Crippen LogP contribution in [0.2, 0.25) is 5.02 Å². The van der Waals surface area contributed by atoms with E-state index in [-0.39, 0.29) is 0 Å². The molecule has 0 aliphatic heterocycles. The summed E-state index contributed by atoms with van der Waals surface area (Å²) >= 11 is 7.74. The zero-order valence-corrected chi connectivity index (χ0v) is 19.5. The largest absolute Gasteiger partial charge is 0.441 e. The van der Waals surface area contributed by atoms with Gasteiger partial charge in [0.2, 0.25) is 5.89 Å². The molecule has 0 saturated carbocycles. The summed E-state index contributed by atoms with van der Waals surface area (Å²) in [6, 6.07) is 16.1. The fourth-order valence-corrected chi connectivity index (χ4v) is 4.76. The first-order valence-electron chi connectivity index (χ1n) is 10.2. The van der Waals surface area contributed by atoms with E-state index in [1.807, 2.05) is 41.9 Å². The van der Waals surface area contributed by atoms with E-state index in [4.69, 9.17) is 26.1 Å². The number of benzene rings is 2. The van der Waals surface area contributed by atoms with Gasteiger partial charge in [-0.1, -0.05) is 47.1 Å². The summed E-state index contributed by atoms with van der Waals surface area (Å²) in [4.78, 5) is 9.30. The molecule has 160 valence electrons. The Bertz CT molecular complexity index is 1440. The normalized spacial score (nSPS) is 11.4. The lowest BCUT2D eigenvalue weighted by Gasteiger charge is -2.03. The minimum Gasteiger partial charge on any atom is -0.441 e. The maximum atomic E-state index is 6.11. The van der Waals surface area contributed by atoms with Crippen molar-refractivity contribution in [2.45, 2.75) is 31.6 Å². The van der Waals surface area contributed by atoms with Crippen LogP contribution in [0.1, 0.15) is 22.6 Å². The summed E-state index contributed by atoms with van der Waals surface area (Å²) in [7, 11) is 0. The lowest BCUT2D eigenvalue weighted by molar-refractivity contribution is 0.540. The molecule has 3 aromatic heterocycles. The van der Waals surface area contributed by atoms with E-state index in [2.05, 4.69) is 43.1 Å². The van der Waals surface area contributed by atoms with E-state index in [9.17, 15) is 0 Å². The first-order valence-corrected chi connectivity index (χ1v) is 11.6. The topological polar surface area (TPSA) is 56.2 Å². The molecule has 7 heteroatoms. The lowest BCUT2D eigenvalue weighted by atomic mass is 10.0. The SMILES string of the molecule is Cc1ccc(C)c(-c2cc3c(SCc4nc(-c5cccc(Cl)c5)oc4C)nccn3n2)c1. The molecule has 0 bridgehead atoms. The van der Waals surface area contributed by atoms with Gasteiger partial charge in [0.15, 0.2) is 0 Å². The third kappa shape index (κ3) is 4.04. The highest BCUT2D eigenvalue weighted by molar-refractivity contribution is 7.98. The molecule has 5 aromatic rings. The van der Waals surface area contributed by atoms with Crippen molar-refractivity contribution in [3.8, 4) is 22.7 Å². The van der Waals surface area contributed by atoms with Gasteiger partial charge in [0.05, 0.1) is 16.9 Å². The monoisotopic (exact) mass is 460 g/mol. The maximum absolute atomic E-state index is 6.11. The second-order valence-electron chi connectivity index (χ2n) is 7.73. The minimum absolute atomic E-state index is 0.577. The first-order chi connectivity index (χ1) is 15.5. The Kier molecular flexibility index (Phi) is 5.49. The second-order valence-corrected chi connectivity index (χ2v) is 9.13. The highest BCUT2D eigenvalue weighted by Gasteiger charge is 2.15. The molecule has 0 spiro atoms. The van der Waals surface area contributed by atoms with Crippen molar-refractivity contribution in [1.82, 2.24) is 19.6 Å². The van der Waals surface area contributed by atoms with Crippen molar-refractivity contribution >= 4 is 28.9 Å². The Morgan fingerprint density at radius 3 is 2.78 bits per heavy atom. The highest BCUT2D eigenvalue weighted by atomic mass is 35.5. The van der Waals surface area contributed by atoms with Crippen LogP contribution < -0.4 is 0 Å². The maximum Gasteiger partial charge on any atom is 0.226 e. The lowest BCUT2D eigenvalue weighted by Crippen LogP contribution is -1.92. The Morgan fingerprint density at radius 1 is 1.06 bits per heavy atom. The van der Waals surface area contributed by atoms with Crippen molar-refractivity contribution in [3.63, 3.8) is 0 Å². The molecule has 5 rings (SSSR count). The van der Waals surface area contributed by atoms with Gasteiger partial charge in [-0.3, -0.25) is 0 Å². The number of aryl methyl sites for hydroxylation is 3. The number of thioether (sulfide) groups is 1. The molecule has 0 N–H and O–H groups in total. The number of rotatable bonds is 5. The summed E-state index contributed by atoms with van der Waals surface area (Å²) in [6.07, 6.45) is 3.66. The van der Waals surface area contributed by atoms with E-state index in [0.717, 1.165) is 38.8 Å². The van der Waals surface area contributed by atoms with Crippen LogP contribution in [0.25, 0.3) is 28.2 Å². The van der Waals surface area contributed by atoms with Crippen molar-refractivity contribution in [3.05, 3.63) is 88.5 Å². The Hall–Kier alpha value is -3.09. The van der Waals surface area contributed by atoms with Crippen molar-refractivity contribution in [2.75, 3.05) is 0 Å². The number of aromatic nitrogens is 4. The fraction of sp³-hybridized carbons (Fsp3) is 0.160. The van der Waals surface area contributed by atoms with Crippen LogP contribution in [0.5, 0.6) is 0 Å². The zero-order chi connectivity index (χ0) is 22.2. The second kappa shape index (κ2) is 8.45. The van der Waals surface area contributed by atoms with Gasteiger partial charge in [0.1, 0.15) is 10.8 Å². The van der Waals surface area contributed by atoms with Gasteiger partial charge in [-0.25, -0.2) is 14.5 Å². The number of hydrogen-bond donors (Lipinski definition) is 0. The van der Waals surface area contributed by atoms with Gasteiger partial charge in [0.25, 0.3) is 0 Å². The van der Waals surface area contributed by atoms with Crippen LogP contribution in [0, 0.1) is 20.8 Å². The molecule has 5 nitrogen and oxygen atoms in total. The molecule has 32 heavy (non-hydrogen) atoms. The zero-order valence-electron chi connectivity index (χ0n) is 18.0. The predicted molar refractivity (Wildman–Crippen MR) is 129 cm³/mol. The van der Waals surface area contributed by atoms with Crippen LogP contribution >= 0.6 is 23.4 Å². The third-order valence-corrected chi connectivity index (χ3v) is 6.57. The molecular weight excluding hydrogens is 440 g/mol. The summed E-state index contributed by atoms with van der Waals surface area (Å²) in [5.74, 6) is 2.02. The van der Waals surface area contributed by atoms with Crippen molar-refractivity contribution in [1.29, 1.82) is 0 Å². The first kappa shape index (κ1) is 20.8. The van der Waals surface area contributed by atoms with Crippen molar-refractivity contribution < 1.29 is 4.42 Å². The Balaban J connectivity index is 1.43. The van der Waals surface area contributed by atoms with Gasteiger partial charge >= 0.3 is 0 Å². The molecule has 0 aliphatic rings. The average Bonchev–Trinajstić information content (AvgIpc) is 3.38. The van der Waals surface area contributed by atoms with E-state index in [1.165, 1.54) is 11.1 Å². The smallest absolute Gasteiger partial charge is 0.226 e. The summed E-state index contributed by atoms with van der Waals surface area (Å²) in [6.45, 7) is 6.14. The van der Waals surface area contributed by atoms with Crippen molar-refractivity contribution in [2.24, 2.45) is 0 Å². The Morgan fingerprint density at radius 2 is 1.94 bits per heavy atom. The summed E-state index contributed by atoms with van der Waals surface area (Å²) in [5, 5.41) is 6.35. The minimum atomic E-state index is 0.577. The van der Waals surface area contributed by atoms with Gasteiger partial charge in [0, 0.05) is 34.3 Å². The fourth-order valence-electron chi connectivity index (χ4n) is 3.60. The standard InChI is InChI=1S/C25H21ClN4OS/c1-15-7-8-16(2)20(11-15)21-13-23-25(27-9-10-30(23)29-21)32-14-22-17(3)31-24(28-22)18-5-4-6-19(26)12-18/h4-13H,14H2,1-3H3. The van der Waals surface area contributed by atoms with Gasteiger partial charge in [-0.2, -0.15) is 5.10 Å². The predicted octanol–water partition coefficient (Wildman–Crippen LogP) is 6.92. The molecule has 0 amide bonds. The quantitative estimate of drug-likeness (QED) is 0.266. The molecule has 3 heterocycles. The van der Waals surface area contributed by atoms with Crippen LogP contribution in [-0.4, -0.2) is 19.6 Å². The number of hydrogen-bond acceptors (Lipinski definition) is 5. The van der Waals surface area contributed by atoms with Gasteiger partial charge < -0.3 is 4.42 Å². The molecule has 0 fully saturated rings. The third-order valence-electron chi connectivity index (χ3n) is 5.33. The van der Waals surface area contributed by atoms with Crippen LogP contribution in [0.4, 0.5) is 0 Å². The van der Waals surface area contributed by atoms with Gasteiger partial charge in [-0.15, -0.1) is 0 Å². The summed E-state index contributed by atoms with van der Waals surface area (Å²) < 4.78 is 7.79. The molecule has 0 saturated heterocycles. The van der Waals surface area contributed by atoms with E-state index < -0.39 is 0 Å². The van der Waals surface area contributed by atoms with Gasteiger partial charge in [-0.05, 0) is 56.7 Å². The number of fused-ring (bicyclic) bond motifs is 1. The molecule has 2 aromatic carbocycles. The molecule has 0 radical (unpaired) electrons. The number of oxazole rings is 1. The van der Waals surface area contributed by atoms with E-state index in [0.29, 0.717) is 16.7 Å². The molecule has 0 atom stereocenters. The van der Waals surface area contributed by atoms with E-state index in [1.54, 1.807) is 18.0 Å². The average molecular weight is 461 g/mol. The van der Waals surface area contributed by atoms with Crippen LogP contribution in [0.15, 0.2) is 70.4 Å². The molecule has 0 aliphatic carbocycles. The number of nitrogens with zero attached hydrogens (tertiary/aromatic N) is 4. The number of halogens is 1. The summed E-state index contributed by atoms with van der Waals surface area (Å²) in [5.41, 5.74) is 7.24. The molecular formula is C25H21ClN4OS.